The Hall–Kier alpha value is -0.160. The molecule has 0 aromatic rings. The van der Waals surface area contributed by atoms with E-state index < -0.39 is 0 Å². The van der Waals surface area contributed by atoms with Crippen molar-refractivity contribution in [3.63, 3.8) is 0 Å². The summed E-state index contributed by atoms with van der Waals surface area (Å²) < 4.78 is 0. The second kappa shape index (κ2) is 3.49. The average Bonchev–Trinajstić information content (AvgIpc) is 1.85. The minimum atomic E-state index is -0.373. The maximum absolute atomic E-state index is 8.44. The summed E-state index contributed by atoms with van der Waals surface area (Å²) in [7, 11) is 0. The summed E-state index contributed by atoms with van der Waals surface area (Å²) in [4.78, 5) is 4.82. The van der Waals surface area contributed by atoms with Crippen LogP contribution < -0.4 is 0 Å². The number of hydrogen-bond donors (Lipinski definition) is 2. The van der Waals surface area contributed by atoms with Crippen molar-refractivity contribution in [1.29, 1.82) is 0 Å². The summed E-state index contributed by atoms with van der Waals surface area (Å²) >= 11 is 0. The molecule has 1 aliphatic rings. The Bertz CT molecular complexity index is 121. The van der Waals surface area contributed by atoms with Crippen molar-refractivity contribution in [3.05, 3.63) is 0 Å². The molecule has 0 amide bonds. The van der Waals surface area contributed by atoms with Crippen LogP contribution >= 0.6 is 0 Å². The van der Waals surface area contributed by atoms with E-state index in [1.54, 1.807) is 0 Å². The summed E-state index contributed by atoms with van der Waals surface area (Å²) in [6.07, 6.45) is 5.21. The number of rotatable bonds is 2. The predicted octanol–water partition coefficient (Wildman–Crippen LogP) is 1.72. The zero-order chi connectivity index (χ0) is 8.32. The molecule has 0 aromatic heterocycles. The van der Waals surface area contributed by atoms with E-state index in [1.807, 2.05) is 6.92 Å². The molecule has 66 valence electrons. The van der Waals surface area contributed by atoms with Crippen molar-refractivity contribution >= 4 is 0 Å². The monoisotopic (exact) mass is 161 g/mol. The molecule has 0 aliphatic heterocycles. The van der Waals surface area contributed by atoms with Crippen molar-refractivity contribution in [3.8, 4) is 0 Å². The van der Waals surface area contributed by atoms with Gasteiger partial charge in [0, 0.05) is 0 Å². The molecule has 0 spiro atoms. The van der Waals surface area contributed by atoms with Gasteiger partial charge >= 0.3 is 0 Å². The lowest BCUT2D eigenvalue weighted by atomic mass is 9.87. The van der Waals surface area contributed by atoms with Crippen LogP contribution in [0.5, 0.6) is 0 Å². The molecule has 1 fully saturated rings. The van der Waals surface area contributed by atoms with Crippen LogP contribution in [-0.2, 0) is 4.84 Å². The lowest BCUT2D eigenvalue weighted by Crippen LogP contribution is -2.37. The summed E-state index contributed by atoms with van der Waals surface area (Å²) in [5.74, 6) is 0. The second-order valence-electron chi connectivity index (χ2n) is 3.35. The minimum absolute atomic E-state index is 0.175. The van der Waals surface area contributed by atoms with Gasteiger partial charge in [0.25, 0.3) is 0 Å². The Balaban J connectivity index is 2.37. The first-order valence-corrected chi connectivity index (χ1v) is 3.99. The molecule has 0 radical (unpaired) electrons. The van der Waals surface area contributed by atoms with Crippen LogP contribution in [0.2, 0.25) is 0 Å². The molecule has 1 rings (SSSR count). The van der Waals surface area contributed by atoms with Gasteiger partial charge in [-0.1, -0.05) is 19.3 Å². The number of nitrogens with zero attached hydrogens (tertiary/aromatic N) is 1. The van der Waals surface area contributed by atoms with E-state index in [2.05, 4.69) is 0 Å². The molecule has 0 aromatic carbocycles. The van der Waals surface area contributed by atoms with Crippen molar-refractivity contribution < 1.29 is 15.3 Å². The molecular formula is C7H15NO3. The minimum Gasteiger partial charge on any atom is -0.266 e. The molecule has 0 saturated heterocycles. The highest BCUT2D eigenvalue weighted by Crippen LogP contribution is 2.30. The van der Waals surface area contributed by atoms with Crippen LogP contribution in [0.15, 0.2) is 0 Å². The molecule has 4 heteroatoms. The first kappa shape index (κ1) is 8.93. The van der Waals surface area contributed by atoms with Crippen molar-refractivity contribution in [2.24, 2.45) is 0 Å². The van der Waals surface area contributed by atoms with Gasteiger partial charge in [-0.05, 0) is 19.8 Å². The fourth-order valence-corrected chi connectivity index (χ4v) is 1.59. The maximum Gasteiger partial charge on any atom is 0.0922 e. The van der Waals surface area contributed by atoms with Crippen LogP contribution in [0.25, 0.3) is 0 Å². The van der Waals surface area contributed by atoms with E-state index in [-0.39, 0.29) is 11.0 Å². The third kappa shape index (κ3) is 2.75. The maximum atomic E-state index is 8.44. The summed E-state index contributed by atoms with van der Waals surface area (Å²) in [5.41, 5.74) is -0.373. The molecule has 11 heavy (non-hydrogen) atoms. The van der Waals surface area contributed by atoms with E-state index in [9.17, 15) is 0 Å². The van der Waals surface area contributed by atoms with Gasteiger partial charge in [-0.25, -0.2) is 4.84 Å². The normalized spacial score (nSPS) is 24.0. The van der Waals surface area contributed by atoms with E-state index in [4.69, 9.17) is 15.3 Å². The van der Waals surface area contributed by atoms with Gasteiger partial charge in [0.05, 0.1) is 11.0 Å². The fraction of sp³-hybridized carbons (Fsp3) is 1.00. The molecule has 1 saturated carbocycles. The molecule has 2 N–H and O–H groups in total. The second-order valence-corrected chi connectivity index (χ2v) is 3.35. The van der Waals surface area contributed by atoms with Gasteiger partial charge in [-0.2, -0.15) is 0 Å². The lowest BCUT2D eigenvalue weighted by Gasteiger charge is -2.33. The van der Waals surface area contributed by atoms with Gasteiger partial charge in [0.1, 0.15) is 0 Å². The first-order chi connectivity index (χ1) is 5.12. The van der Waals surface area contributed by atoms with Crippen LogP contribution in [0, 0.1) is 0 Å². The molecule has 0 bridgehead atoms. The van der Waals surface area contributed by atoms with Gasteiger partial charge in [-0.3, -0.25) is 10.4 Å². The Labute approximate surface area is 66.2 Å². The Kier molecular flexibility index (Phi) is 2.84. The zero-order valence-electron chi connectivity index (χ0n) is 6.79. The van der Waals surface area contributed by atoms with Gasteiger partial charge < -0.3 is 0 Å². The highest BCUT2D eigenvalue weighted by molar-refractivity contribution is 4.78. The molecule has 4 nitrogen and oxygen atoms in total. The van der Waals surface area contributed by atoms with Crippen molar-refractivity contribution in [1.82, 2.24) is 5.39 Å². The summed E-state index contributed by atoms with van der Waals surface area (Å²) in [5, 5.41) is 16.7. The quantitative estimate of drug-likeness (QED) is 0.605. The average molecular weight is 161 g/mol. The highest BCUT2D eigenvalue weighted by atomic mass is 17.1. The van der Waals surface area contributed by atoms with Crippen LogP contribution in [0.1, 0.15) is 39.0 Å². The largest absolute Gasteiger partial charge is 0.266 e. The van der Waals surface area contributed by atoms with Crippen molar-refractivity contribution in [2.45, 2.75) is 44.6 Å². The SMILES string of the molecule is CC1(ON(O)O)CCCCC1. The smallest absolute Gasteiger partial charge is 0.0922 e. The molecule has 0 heterocycles. The third-order valence-corrected chi connectivity index (χ3v) is 2.21. The standard InChI is InChI=1S/C7H15NO3/c1-7(11-8(9)10)5-3-2-4-6-7/h9-10H,2-6H2,1H3. The molecular weight excluding hydrogens is 146 g/mol. The topological polar surface area (TPSA) is 52.9 Å². The summed E-state index contributed by atoms with van der Waals surface area (Å²) in [6, 6.07) is 0. The fourth-order valence-electron chi connectivity index (χ4n) is 1.59. The third-order valence-electron chi connectivity index (χ3n) is 2.21. The predicted molar refractivity (Wildman–Crippen MR) is 38.0 cm³/mol. The number of hydrogen-bond acceptors (Lipinski definition) is 4. The van der Waals surface area contributed by atoms with Crippen LogP contribution in [-0.4, -0.2) is 21.4 Å². The van der Waals surface area contributed by atoms with Crippen molar-refractivity contribution in [2.75, 3.05) is 0 Å². The Morgan fingerprint density at radius 2 is 1.73 bits per heavy atom. The van der Waals surface area contributed by atoms with Gasteiger partial charge in [0.2, 0.25) is 0 Å². The lowest BCUT2D eigenvalue weighted by molar-refractivity contribution is -0.521. The molecule has 0 atom stereocenters. The van der Waals surface area contributed by atoms with E-state index >= 15 is 0 Å². The molecule has 1 aliphatic carbocycles. The van der Waals surface area contributed by atoms with E-state index in [1.165, 1.54) is 6.42 Å². The Morgan fingerprint density at radius 1 is 1.18 bits per heavy atom. The molecule has 0 unspecified atom stereocenters. The van der Waals surface area contributed by atoms with E-state index in [0.29, 0.717) is 0 Å². The van der Waals surface area contributed by atoms with Crippen LogP contribution in [0.3, 0.4) is 0 Å². The van der Waals surface area contributed by atoms with Crippen LogP contribution in [0.4, 0.5) is 0 Å². The highest BCUT2D eigenvalue weighted by Gasteiger charge is 2.29. The van der Waals surface area contributed by atoms with Gasteiger partial charge in [-0.15, -0.1) is 0 Å². The summed E-state index contributed by atoms with van der Waals surface area (Å²) in [6.45, 7) is 1.89. The van der Waals surface area contributed by atoms with Gasteiger partial charge in [0.15, 0.2) is 0 Å². The first-order valence-electron chi connectivity index (χ1n) is 3.99. The zero-order valence-corrected chi connectivity index (χ0v) is 6.79. The Morgan fingerprint density at radius 3 is 2.18 bits per heavy atom. The van der Waals surface area contributed by atoms with E-state index in [0.717, 1.165) is 25.7 Å².